The van der Waals surface area contributed by atoms with E-state index >= 15 is 0 Å². The molecule has 3 rings (SSSR count). The summed E-state index contributed by atoms with van der Waals surface area (Å²) < 4.78 is 11.5. The van der Waals surface area contributed by atoms with Gasteiger partial charge in [-0.05, 0) is 25.7 Å². The van der Waals surface area contributed by atoms with Crippen molar-refractivity contribution < 1.29 is 14.8 Å². The molecule has 0 aromatic carbocycles. The van der Waals surface area contributed by atoms with Gasteiger partial charge in [0, 0.05) is 46.4 Å². The predicted molar refractivity (Wildman–Crippen MR) is 82.5 cm³/mol. The van der Waals surface area contributed by atoms with Crippen molar-refractivity contribution in [2.75, 3.05) is 59.5 Å². The fourth-order valence-corrected chi connectivity index (χ4v) is 3.67. The summed E-state index contributed by atoms with van der Waals surface area (Å²) in [4.78, 5) is 5.23. The summed E-state index contributed by atoms with van der Waals surface area (Å²) in [6.07, 6.45) is 6.04. The minimum Gasteiger partial charge on any atom is -0.381 e. The van der Waals surface area contributed by atoms with Crippen LogP contribution in [-0.4, -0.2) is 87.6 Å². The molecule has 0 aromatic heterocycles. The largest absolute Gasteiger partial charge is 0.381 e. The zero-order valence-electron chi connectivity index (χ0n) is 13.5. The van der Waals surface area contributed by atoms with Gasteiger partial charge in [0.15, 0.2) is 0 Å². The summed E-state index contributed by atoms with van der Waals surface area (Å²) in [5.74, 6) is 0. The second-order valence-electron chi connectivity index (χ2n) is 6.84. The fourth-order valence-electron chi connectivity index (χ4n) is 3.67. The molecule has 1 aliphatic carbocycles. The molecule has 1 saturated carbocycles. The van der Waals surface area contributed by atoms with Gasteiger partial charge in [-0.2, -0.15) is 0 Å². The van der Waals surface area contributed by atoms with Crippen LogP contribution >= 0.6 is 0 Å². The van der Waals surface area contributed by atoms with Crippen molar-refractivity contribution in [3.8, 4) is 0 Å². The van der Waals surface area contributed by atoms with Crippen LogP contribution in [0.2, 0.25) is 0 Å². The number of nitrogens with two attached hydrogens (primary N) is 1. The highest BCUT2D eigenvalue weighted by Crippen LogP contribution is 2.28. The smallest absolute Gasteiger partial charge is 0.0885 e. The average Bonchev–Trinajstić information content (AvgIpc) is 2.50. The van der Waals surface area contributed by atoms with Gasteiger partial charge >= 0.3 is 0 Å². The summed E-state index contributed by atoms with van der Waals surface area (Å²) in [5.41, 5.74) is 0. The first-order chi connectivity index (χ1) is 10.3. The van der Waals surface area contributed by atoms with Gasteiger partial charge in [0.25, 0.3) is 0 Å². The Labute approximate surface area is 128 Å². The summed E-state index contributed by atoms with van der Waals surface area (Å²) in [6, 6.07) is 0. The van der Waals surface area contributed by atoms with E-state index in [1.165, 1.54) is 65.2 Å². The topological polar surface area (TPSA) is 41.6 Å². The van der Waals surface area contributed by atoms with E-state index in [-0.39, 0.29) is 0 Å². The van der Waals surface area contributed by atoms with Gasteiger partial charge in [0.1, 0.15) is 0 Å². The summed E-state index contributed by atoms with van der Waals surface area (Å²) >= 11 is 0. The molecule has 2 N–H and O–H groups in total. The predicted octanol–water partition coefficient (Wildman–Crippen LogP) is -0.476. The molecule has 0 aromatic rings. The molecule has 0 radical (unpaired) electrons. The minimum atomic E-state index is 0.455. The number of ether oxygens (including phenoxy) is 2. The maximum atomic E-state index is 6.18. The van der Waals surface area contributed by atoms with Crippen LogP contribution in [0.3, 0.4) is 0 Å². The van der Waals surface area contributed by atoms with Gasteiger partial charge in [-0.1, -0.05) is 0 Å². The normalized spacial score (nSPS) is 33.0. The standard InChI is InChI=1S/C16H31N3O2/c1-20-15-12-16(13-15)21-14-2-6-18(7-3-14)10-11-19-8-4-17-5-9-19/h14-17H,2-13H2,1H3/p+1. The number of likely N-dealkylation sites (tertiary alicyclic amines) is 1. The molecule has 5 heteroatoms. The average molecular weight is 298 g/mol. The Hall–Kier alpha value is -0.200. The number of piperazine rings is 1. The number of piperidine rings is 1. The summed E-state index contributed by atoms with van der Waals surface area (Å²) in [5, 5.41) is 2.42. The Kier molecular flexibility index (Phi) is 5.89. The Bertz CT molecular complexity index is 296. The third kappa shape index (κ3) is 4.63. The Balaban J connectivity index is 1.26. The Morgan fingerprint density at radius 3 is 2.10 bits per heavy atom. The maximum Gasteiger partial charge on any atom is 0.0885 e. The van der Waals surface area contributed by atoms with Crippen LogP contribution in [0.25, 0.3) is 0 Å². The fraction of sp³-hybridized carbons (Fsp3) is 1.00. The van der Waals surface area contributed by atoms with Crippen LogP contribution in [0.5, 0.6) is 0 Å². The van der Waals surface area contributed by atoms with Crippen LogP contribution in [0, 0.1) is 0 Å². The number of hydrogen-bond donors (Lipinski definition) is 1. The molecular formula is C16H32N3O2+. The van der Waals surface area contributed by atoms with Crippen LogP contribution < -0.4 is 5.32 Å². The van der Waals surface area contributed by atoms with Crippen molar-refractivity contribution >= 4 is 0 Å². The first kappa shape index (κ1) is 15.7. The number of hydrogen-bond acceptors (Lipinski definition) is 4. The van der Waals surface area contributed by atoms with Gasteiger partial charge in [-0.25, -0.2) is 0 Å². The van der Waals surface area contributed by atoms with E-state index in [0.717, 1.165) is 12.8 Å². The summed E-state index contributed by atoms with van der Waals surface area (Å²) in [6.45, 7) is 10.00. The highest BCUT2D eigenvalue weighted by molar-refractivity contribution is 4.83. The SMILES string of the molecule is COC1CC(OC2CCN(CCN3CC[NH2+]CC3)CC2)C1. The van der Waals surface area contributed by atoms with E-state index in [9.17, 15) is 0 Å². The Morgan fingerprint density at radius 2 is 1.48 bits per heavy atom. The molecule has 21 heavy (non-hydrogen) atoms. The molecule has 2 aliphatic heterocycles. The van der Waals surface area contributed by atoms with Gasteiger partial charge in [0.05, 0.1) is 31.4 Å². The minimum absolute atomic E-state index is 0.455. The lowest BCUT2D eigenvalue weighted by Crippen LogP contribution is -2.89. The highest BCUT2D eigenvalue weighted by atomic mass is 16.5. The molecule has 0 unspecified atom stereocenters. The molecule has 0 amide bonds. The molecule has 3 fully saturated rings. The van der Waals surface area contributed by atoms with Gasteiger partial charge < -0.3 is 19.7 Å². The molecule has 2 heterocycles. The number of rotatable bonds is 6. The molecule has 0 atom stereocenters. The number of nitrogens with zero attached hydrogens (tertiary/aromatic N) is 2. The van der Waals surface area contributed by atoms with E-state index in [2.05, 4.69) is 15.1 Å². The number of quaternary nitrogens is 1. The van der Waals surface area contributed by atoms with E-state index in [1.807, 2.05) is 0 Å². The van der Waals surface area contributed by atoms with Crippen LogP contribution in [0.15, 0.2) is 0 Å². The third-order valence-corrected chi connectivity index (χ3v) is 5.34. The van der Waals surface area contributed by atoms with E-state index in [0.29, 0.717) is 18.3 Å². The zero-order valence-corrected chi connectivity index (χ0v) is 13.5. The van der Waals surface area contributed by atoms with Crippen LogP contribution in [-0.2, 0) is 9.47 Å². The van der Waals surface area contributed by atoms with Crippen molar-refractivity contribution in [2.24, 2.45) is 0 Å². The van der Waals surface area contributed by atoms with Crippen molar-refractivity contribution in [3.63, 3.8) is 0 Å². The van der Waals surface area contributed by atoms with Crippen molar-refractivity contribution in [2.45, 2.75) is 44.0 Å². The van der Waals surface area contributed by atoms with Crippen molar-refractivity contribution in [3.05, 3.63) is 0 Å². The molecule has 2 saturated heterocycles. The Morgan fingerprint density at radius 1 is 0.857 bits per heavy atom. The van der Waals surface area contributed by atoms with Gasteiger partial charge in [0.2, 0.25) is 0 Å². The third-order valence-electron chi connectivity index (χ3n) is 5.34. The first-order valence-corrected chi connectivity index (χ1v) is 8.78. The van der Waals surface area contributed by atoms with Gasteiger partial charge in [-0.15, -0.1) is 0 Å². The van der Waals surface area contributed by atoms with E-state index < -0.39 is 0 Å². The molecule has 0 bridgehead atoms. The molecular weight excluding hydrogens is 266 g/mol. The second-order valence-corrected chi connectivity index (χ2v) is 6.84. The second kappa shape index (κ2) is 7.88. The number of methoxy groups -OCH3 is 1. The van der Waals surface area contributed by atoms with Crippen molar-refractivity contribution in [1.82, 2.24) is 9.80 Å². The molecule has 3 aliphatic rings. The zero-order chi connectivity index (χ0) is 14.5. The summed E-state index contributed by atoms with van der Waals surface area (Å²) in [7, 11) is 1.81. The lowest BCUT2D eigenvalue weighted by atomic mass is 9.91. The maximum absolute atomic E-state index is 6.18. The van der Waals surface area contributed by atoms with Gasteiger partial charge in [-0.3, -0.25) is 4.90 Å². The van der Waals surface area contributed by atoms with Crippen LogP contribution in [0.4, 0.5) is 0 Å². The highest BCUT2D eigenvalue weighted by Gasteiger charge is 2.32. The monoisotopic (exact) mass is 298 g/mol. The molecule has 122 valence electrons. The quantitative estimate of drug-likeness (QED) is 0.719. The molecule has 5 nitrogen and oxygen atoms in total. The van der Waals surface area contributed by atoms with E-state index in [1.54, 1.807) is 7.11 Å². The lowest BCUT2D eigenvalue weighted by molar-refractivity contribution is -0.663. The van der Waals surface area contributed by atoms with Crippen molar-refractivity contribution in [1.29, 1.82) is 0 Å². The molecule has 0 spiro atoms. The first-order valence-electron chi connectivity index (χ1n) is 8.78. The lowest BCUT2D eigenvalue weighted by Gasteiger charge is -2.39. The van der Waals surface area contributed by atoms with Crippen LogP contribution in [0.1, 0.15) is 25.7 Å². The van der Waals surface area contributed by atoms with E-state index in [4.69, 9.17) is 9.47 Å².